The molecule has 6 nitrogen and oxygen atoms in total. The van der Waals surface area contributed by atoms with Gasteiger partial charge in [-0.25, -0.2) is 0 Å². The minimum Gasteiger partial charge on any atom is -0.486 e. The minimum absolute atomic E-state index is 0.0475. The van der Waals surface area contributed by atoms with E-state index in [9.17, 15) is 22.8 Å². The number of nitrogens with one attached hydrogen (secondary N) is 1. The van der Waals surface area contributed by atoms with Gasteiger partial charge in [-0.1, -0.05) is 45.0 Å². The second-order valence-corrected chi connectivity index (χ2v) is 10.9. The number of aliphatic carboxylic acids is 1. The summed E-state index contributed by atoms with van der Waals surface area (Å²) in [5.74, 6) is -0.952. The number of carboxylic acids is 1. The van der Waals surface area contributed by atoms with Crippen molar-refractivity contribution in [3.05, 3.63) is 82.9 Å². The molecule has 0 aliphatic rings. The van der Waals surface area contributed by atoms with Crippen LogP contribution in [0.1, 0.15) is 66.8 Å². The third-order valence-corrected chi connectivity index (χ3v) is 6.13. The van der Waals surface area contributed by atoms with Gasteiger partial charge in [-0.3, -0.25) is 9.59 Å². The van der Waals surface area contributed by atoms with Gasteiger partial charge in [0.15, 0.2) is 0 Å². The van der Waals surface area contributed by atoms with Crippen molar-refractivity contribution in [2.75, 3.05) is 6.54 Å². The highest BCUT2D eigenvalue weighted by molar-refractivity contribution is 5.94. The van der Waals surface area contributed by atoms with Crippen LogP contribution in [0.15, 0.2) is 60.7 Å². The van der Waals surface area contributed by atoms with Crippen LogP contribution in [-0.4, -0.2) is 29.9 Å². The first kappa shape index (κ1) is 30.5. The smallest absolute Gasteiger partial charge is 0.486 e. The number of hydrogen-bond acceptors (Lipinski definition) is 4. The summed E-state index contributed by atoms with van der Waals surface area (Å²) in [6, 6.07) is 16.6. The number of carboxylic acid groups (broad SMARTS) is 1. The molecule has 3 aromatic carbocycles. The van der Waals surface area contributed by atoms with Gasteiger partial charge in [-0.2, -0.15) is 0 Å². The fourth-order valence-electron chi connectivity index (χ4n) is 4.45. The molecule has 0 fully saturated rings. The lowest BCUT2D eigenvalue weighted by Crippen LogP contribution is -2.26. The average molecular weight is 558 g/mol. The van der Waals surface area contributed by atoms with E-state index >= 15 is 0 Å². The van der Waals surface area contributed by atoms with Crippen LogP contribution in [0.5, 0.6) is 11.5 Å². The molecule has 0 saturated heterocycles. The van der Waals surface area contributed by atoms with Crippen LogP contribution in [0, 0.1) is 19.3 Å². The predicted molar refractivity (Wildman–Crippen MR) is 147 cm³/mol. The lowest BCUT2D eigenvalue weighted by atomic mass is 9.86. The van der Waals surface area contributed by atoms with Crippen molar-refractivity contribution < 1.29 is 37.3 Å². The van der Waals surface area contributed by atoms with E-state index in [1.165, 1.54) is 12.1 Å². The van der Waals surface area contributed by atoms with E-state index in [4.69, 9.17) is 9.84 Å². The van der Waals surface area contributed by atoms with Crippen molar-refractivity contribution in [1.29, 1.82) is 0 Å². The Labute approximate surface area is 232 Å². The number of rotatable bonds is 10. The van der Waals surface area contributed by atoms with E-state index in [2.05, 4.69) is 30.8 Å². The highest BCUT2D eigenvalue weighted by atomic mass is 19.4. The van der Waals surface area contributed by atoms with Gasteiger partial charge in [0.05, 0.1) is 6.42 Å². The van der Waals surface area contributed by atoms with Crippen molar-refractivity contribution in [2.45, 2.75) is 59.9 Å². The van der Waals surface area contributed by atoms with E-state index in [1.54, 1.807) is 24.3 Å². The Hall–Kier alpha value is -4.01. The molecular weight excluding hydrogens is 523 g/mol. The summed E-state index contributed by atoms with van der Waals surface area (Å²) in [6.45, 7) is 10.2. The molecule has 40 heavy (non-hydrogen) atoms. The lowest BCUT2D eigenvalue weighted by Gasteiger charge is -2.28. The topological polar surface area (TPSA) is 84.9 Å². The Bertz CT molecular complexity index is 1300. The predicted octanol–water partition coefficient (Wildman–Crippen LogP) is 7.63. The van der Waals surface area contributed by atoms with Gasteiger partial charge in [0.2, 0.25) is 0 Å². The standard InChI is InChI=1S/C31H34F3NO5/c1-19-16-25(17-20(2)28(19)22-10-12-24(13-11-22)40-31(32,33)34)39-26(18-30(3,4)5)21-6-8-23(9-7-21)29(38)35-15-14-27(36)37/h6-13,16-17,26H,14-15,18H2,1-5H3,(H,35,38)(H,36,37). The monoisotopic (exact) mass is 557 g/mol. The van der Waals surface area contributed by atoms with Crippen molar-refractivity contribution in [3.8, 4) is 22.6 Å². The second kappa shape index (κ2) is 12.4. The van der Waals surface area contributed by atoms with Gasteiger partial charge in [0, 0.05) is 12.1 Å². The Morgan fingerprint density at radius 2 is 1.48 bits per heavy atom. The molecule has 0 bridgehead atoms. The number of ether oxygens (including phenoxy) is 2. The van der Waals surface area contributed by atoms with Crippen LogP contribution in [0.2, 0.25) is 0 Å². The van der Waals surface area contributed by atoms with E-state index in [1.807, 2.05) is 38.1 Å². The molecule has 9 heteroatoms. The zero-order valence-corrected chi connectivity index (χ0v) is 23.2. The molecule has 0 aliphatic carbocycles. The molecule has 0 saturated carbocycles. The first-order valence-electron chi connectivity index (χ1n) is 12.9. The Kier molecular flexibility index (Phi) is 9.50. The normalized spacial score (nSPS) is 12.5. The number of carbonyl (C=O) groups excluding carboxylic acids is 1. The summed E-state index contributed by atoms with van der Waals surface area (Å²) in [7, 11) is 0. The number of amides is 1. The Morgan fingerprint density at radius 3 is 1.98 bits per heavy atom. The fraction of sp³-hybridized carbons (Fsp3) is 0.355. The van der Waals surface area contributed by atoms with E-state index in [0.717, 1.165) is 27.8 Å². The van der Waals surface area contributed by atoms with Crippen molar-refractivity contribution >= 4 is 11.9 Å². The number of hydrogen-bond donors (Lipinski definition) is 2. The molecule has 1 atom stereocenters. The molecule has 3 rings (SSSR count). The SMILES string of the molecule is Cc1cc(OC(CC(C)(C)C)c2ccc(C(=O)NCCC(=O)O)cc2)cc(C)c1-c1ccc(OC(F)(F)F)cc1. The van der Waals surface area contributed by atoms with Crippen LogP contribution < -0.4 is 14.8 Å². The summed E-state index contributed by atoms with van der Waals surface area (Å²) >= 11 is 0. The average Bonchev–Trinajstić information content (AvgIpc) is 2.82. The second-order valence-electron chi connectivity index (χ2n) is 10.9. The largest absolute Gasteiger partial charge is 0.573 e. The van der Waals surface area contributed by atoms with Crippen LogP contribution >= 0.6 is 0 Å². The summed E-state index contributed by atoms with van der Waals surface area (Å²) in [6.07, 6.45) is -4.52. The van der Waals surface area contributed by atoms with Crippen molar-refractivity contribution in [2.24, 2.45) is 5.41 Å². The maximum atomic E-state index is 12.5. The quantitative estimate of drug-likeness (QED) is 0.268. The molecule has 214 valence electrons. The summed E-state index contributed by atoms with van der Waals surface area (Å²) < 4.78 is 48.0. The fourth-order valence-corrected chi connectivity index (χ4v) is 4.45. The molecule has 0 aromatic heterocycles. The molecule has 0 heterocycles. The maximum absolute atomic E-state index is 12.5. The molecule has 3 aromatic rings. The third kappa shape index (κ3) is 9.03. The van der Waals surface area contributed by atoms with E-state index in [-0.39, 0.29) is 36.1 Å². The van der Waals surface area contributed by atoms with E-state index < -0.39 is 12.3 Å². The first-order valence-corrected chi connectivity index (χ1v) is 12.9. The van der Waals surface area contributed by atoms with Crippen LogP contribution in [0.25, 0.3) is 11.1 Å². The minimum atomic E-state index is -4.75. The summed E-state index contributed by atoms with van der Waals surface area (Å²) in [5.41, 5.74) is 4.71. The highest BCUT2D eigenvalue weighted by Crippen LogP contribution is 2.37. The Balaban J connectivity index is 1.82. The van der Waals surface area contributed by atoms with Crippen LogP contribution in [0.3, 0.4) is 0 Å². The first-order chi connectivity index (χ1) is 18.6. The maximum Gasteiger partial charge on any atom is 0.573 e. The summed E-state index contributed by atoms with van der Waals surface area (Å²) in [5, 5.41) is 11.3. The highest BCUT2D eigenvalue weighted by Gasteiger charge is 2.31. The number of alkyl halides is 3. The lowest BCUT2D eigenvalue weighted by molar-refractivity contribution is -0.274. The molecule has 1 unspecified atom stereocenters. The van der Waals surface area contributed by atoms with Gasteiger partial charge in [-0.05, 0) is 89.9 Å². The van der Waals surface area contributed by atoms with Gasteiger partial charge in [0.1, 0.15) is 17.6 Å². The molecule has 0 aliphatic heterocycles. The zero-order valence-electron chi connectivity index (χ0n) is 23.2. The van der Waals surface area contributed by atoms with Gasteiger partial charge >= 0.3 is 12.3 Å². The molecular formula is C31H34F3NO5. The number of carbonyl (C=O) groups is 2. The Morgan fingerprint density at radius 1 is 0.900 bits per heavy atom. The van der Waals surface area contributed by atoms with Crippen molar-refractivity contribution in [1.82, 2.24) is 5.32 Å². The van der Waals surface area contributed by atoms with Crippen LogP contribution in [-0.2, 0) is 4.79 Å². The number of halogens is 3. The summed E-state index contributed by atoms with van der Waals surface area (Å²) in [4.78, 5) is 23.0. The van der Waals surface area contributed by atoms with Gasteiger partial charge in [0.25, 0.3) is 5.91 Å². The van der Waals surface area contributed by atoms with Crippen LogP contribution in [0.4, 0.5) is 13.2 Å². The van der Waals surface area contributed by atoms with Gasteiger partial charge < -0.3 is 19.9 Å². The van der Waals surface area contributed by atoms with Crippen molar-refractivity contribution in [3.63, 3.8) is 0 Å². The third-order valence-electron chi connectivity index (χ3n) is 6.13. The molecule has 2 N–H and O–H groups in total. The van der Waals surface area contributed by atoms with Gasteiger partial charge in [-0.15, -0.1) is 13.2 Å². The van der Waals surface area contributed by atoms with E-state index in [0.29, 0.717) is 17.7 Å². The zero-order chi connectivity index (χ0) is 29.7. The molecule has 1 amide bonds. The molecule has 0 radical (unpaired) electrons. The molecule has 0 spiro atoms. The number of benzene rings is 3. The number of aryl methyl sites for hydroxylation is 2.